The Morgan fingerprint density at radius 2 is 1.94 bits per heavy atom. The smallest absolute Gasteiger partial charge is 0.128 e. The van der Waals surface area contributed by atoms with E-state index >= 15 is 0 Å². The van der Waals surface area contributed by atoms with Gasteiger partial charge < -0.3 is 4.90 Å². The summed E-state index contributed by atoms with van der Waals surface area (Å²) in [5.41, 5.74) is 0.951. The summed E-state index contributed by atoms with van der Waals surface area (Å²) in [5.74, 6) is 2.28. The average molecular weight is 255 g/mol. The first-order valence-electron chi connectivity index (χ1n) is 6.51. The first-order valence-corrected chi connectivity index (χ1v) is 7.05. The Morgan fingerprint density at radius 3 is 2.47 bits per heavy atom. The summed E-state index contributed by atoms with van der Waals surface area (Å²) in [7, 11) is 0. The monoisotopic (exact) mass is 254 g/mol. The minimum atomic E-state index is 0.483. The Labute approximate surface area is 110 Å². The minimum Gasteiger partial charge on any atom is -0.357 e. The molecule has 3 heteroatoms. The van der Waals surface area contributed by atoms with E-state index in [1.54, 1.807) is 0 Å². The fraction of sp³-hybridized carbons (Fsp3) is 0.643. The van der Waals surface area contributed by atoms with E-state index in [0.29, 0.717) is 5.88 Å². The number of pyridine rings is 1. The summed E-state index contributed by atoms with van der Waals surface area (Å²) < 4.78 is 0. The summed E-state index contributed by atoms with van der Waals surface area (Å²) in [5, 5.41) is 0. The summed E-state index contributed by atoms with van der Waals surface area (Å²) in [4.78, 5) is 6.92. The van der Waals surface area contributed by atoms with Crippen molar-refractivity contribution in [3.05, 3.63) is 23.9 Å². The van der Waals surface area contributed by atoms with Crippen LogP contribution in [0.1, 0.15) is 39.3 Å². The summed E-state index contributed by atoms with van der Waals surface area (Å²) in [6, 6.07) is 6.08. The maximum Gasteiger partial charge on any atom is 0.128 e. The molecule has 0 aliphatic carbocycles. The number of hydrogen-bond donors (Lipinski definition) is 0. The first-order chi connectivity index (χ1) is 8.24. The third-order valence-electron chi connectivity index (χ3n) is 3.27. The number of hydrogen-bond acceptors (Lipinski definition) is 2. The third-order valence-corrected chi connectivity index (χ3v) is 3.54. The lowest BCUT2D eigenvalue weighted by Crippen LogP contribution is -2.29. The number of halogens is 1. The van der Waals surface area contributed by atoms with E-state index in [0.717, 1.165) is 30.5 Å². The average Bonchev–Trinajstić information content (AvgIpc) is 2.40. The van der Waals surface area contributed by atoms with Gasteiger partial charge in [0, 0.05) is 13.1 Å². The third kappa shape index (κ3) is 4.19. The molecule has 0 radical (unpaired) electrons. The van der Waals surface area contributed by atoms with Gasteiger partial charge in [0.1, 0.15) is 5.82 Å². The zero-order valence-electron chi connectivity index (χ0n) is 11.1. The van der Waals surface area contributed by atoms with Crippen LogP contribution in [0.3, 0.4) is 0 Å². The number of aromatic nitrogens is 1. The Morgan fingerprint density at radius 1 is 1.24 bits per heavy atom. The quantitative estimate of drug-likeness (QED) is 0.682. The molecule has 0 spiro atoms. The molecule has 2 nitrogen and oxygen atoms in total. The van der Waals surface area contributed by atoms with Crippen molar-refractivity contribution in [2.45, 2.75) is 39.5 Å². The highest BCUT2D eigenvalue weighted by Crippen LogP contribution is 2.17. The van der Waals surface area contributed by atoms with Crippen molar-refractivity contribution in [2.24, 2.45) is 5.92 Å². The Balaban J connectivity index is 2.77. The van der Waals surface area contributed by atoms with E-state index in [2.05, 4.69) is 36.7 Å². The lowest BCUT2D eigenvalue weighted by atomic mass is 10.0. The fourth-order valence-electron chi connectivity index (χ4n) is 1.96. The molecule has 96 valence electrons. The maximum absolute atomic E-state index is 5.83. The molecule has 0 bridgehead atoms. The highest BCUT2D eigenvalue weighted by atomic mass is 35.5. The van der Waals surface area contributed by atoms with Gasteiger partial charge in [-0.3, -0.25) is 0 Å². The fourth-order valence-corrected chi connectivity index (χ4v) is 2.11. The van der Waals surface area contributed by atoms with Crippen LogP contribution in [0.15, 0.2) is 18.2 Å². The molecule has 0 N–H and O–H groups in total. The molecule has 0 aliphatic rings. The van der Waals surface area contributed by atoms with E-state index in [-0.39, 0.29) is 0 Å². The molecule has 1 aromatic rings. The van der Waals surface area contributed by atoms with Gasteiger partial charge in [0.15, 0.2) is 0 Å². The van der Waals surface area contributed by atoms with Gasteiger partial charge in [0.2, 0.25) is 0 Å². The highest BCUT2D eigenvalue weighted by Gasteiger charge is 2.11. The molecular formula is C14H23ClN2. The molecule has 0 aliphatic heterocycles. The molecule has 0 saturated carbocycles. The molecule has 0 saturated heterocycles. The van der Waals surface area contributed by atoms with E-state index < -0.39 is 0 Å². The number of alkyl halides is 1. The maximum atomic E-state index is 5.83. The van der Waals surface area contributed by atoms with E-state index in [1.807, 2.05) is 12.1 Å². The van der Waals surface area contributed by atoms with Gasteiger partial charge in [-0.25, -0.2) is 4.98 Å². The second-order valence-electron chi connectivity index (χ2n) is 4.34. The molecule has 0 atom stereocenters. The Bertz CT molecular complexity index is 324. The van der Waals surface area contributed by atoms with Gasteiger partial charge in [-0.2, -0.15) is 0 Å². The first kappa shape index (κ1) is 14.3. The molecule has 1 heterocycles. The largest absolute Gasteiger partial charge is 0.357 e. The summed E-state index contributed by atoms with van der Waals surface area (Å²) >= 11 is 5.83. The Hall–Kier alpha value is -0.760. The summed E-state index contributed by atoms with van der Waals surface area (Å²) in [6.45, 7) is 8.77. The summed E-state index contributed by atoms with van der Waals surface area (Å²) in [6.07, 6.45) is 2.45. The van der Waals surface area contributed by atoms with Gasteiger partial charge in [0.05, 0.1) is 11.6 Å². The highest BCUT2D eigenvalue weighted by molar-refractivity contribution is 6.16. The van der Waals surface area contributed by atoms with Crippen LogP contribution in [0.5, 0.6) is 0 Å². The van der Waals surface area contributed by atoms with Gasteiger partial charge in [0.25, 0.3) is 0 Å². The van der Waals surface area contributed by atoms with Crippen LogP contribution < -0.4 is 4.90 Å². The van der Waals surface area contributed by atoms with Crippen LogP contribution in [0, 0.1) is 5.92 Å². The van der Waals surface area contributed by atoms with Crippen LogP contribution in [-0.4, -0.2) is 18.1 Å². The van der Waals surface area contributed by atoms with E-state index in [1.165, 1.54) is 12.8 Å². The lowest BCUT2D eigenvalue weighted by Gasteiger charge is -2.26. The second kappa shape index (κ2) is 7.54. The standard InChI is InChI=1S/C14H23ClN2/c1-4-12(5-2)11-17(6-3)14-9-7-8-13(10-15)16-14/h7-9,12H,4-6,10-11H2,1-3H3. The minimum absolute atomic E-state index is 0.483. The normalized spacial score (nSPS) is 10.9. The SMILES string of the molecule is CCC(CC)CN(CC)c1cccc(CCl)n1. The van der Waals surface area contributed by atoms with Crippen LogP contribution in [-0.2, 0) is 5.88 Å². The van der Waals surface area contributed by atoms with Crippen molar-refractivity contribution in [3.63, 3.8) is 0 Å². The van der Waals surface area contributed by atoms with Crippen LogP contribution in [0.25, 0.3) is 0 Å². The van der Waals surface area contributed by atoms with E-state index in [9.17, 15) is 0 Å². The van der Waals surface area contributed by atoms with Crippen molar-refractivity contribution in [2.75, 3.05) is 18.0 Å². The molecule has 0 fully saturated rings. The van der Waals surface area contributed by atoms with Crippen molar-refractivity contribution in [1.82, 2.24) is 4.98 Å². The number of nitrogens with zero attached hydrogens (tertiary/aromatic N) is 2. The predicted molar refractivity (Wildman–Crippen MR) is 75.8 cm³/mol. The zero-order chi connectivity index (χ0) is 12.7. The topological polar surface area (TPSA) is 16.1 Å². The zero-order valence-corrected chi connectivity index (χ0v) is 11.9. The lowest BCUT2D eigenvalue weighted by molar-refractivity contribution is 0.484. The van der Waals surface area contributed by atoms with Gasteiger partial charge in [-0.05, 0) is 25.0 Å². The van der Waals surface area contributed by atoms with Crippen molar-refractivity contribution in [3.8, 4) is 0 Å². The molecule has 1 rings (SSSR count). The molecule has 17 heavy (non-hydrogen) atoms. The molecule has 0 amide bonds. The molecular weight excluding hydrogens is 232 g/mol. The van der Waals surface area contributed by atoms with Crippen molar-refractivity contribution >= 4 is 17.4 Å². The van der Waals surface area contributed by atoms with Gasteiger partial charge in [-0.15, -0.1) is 11.6 Å². The van der Waals surface area contributed by atoms with Gasteiger partial charge in [-0.1, -0.05) is 32.8 Å². The number of rotatable bonds is 7. The van der Waals surface area contributed by atoms with Crippen molar-refractivity contribution in [1.29, 1.82) is 0 Å². The molecule has 1 aromatic heterocycles. The van der Waals surface area contributed by atoms with Crippen molar-refractivity contribution < 1.29 is 0 Å². The molecule has 0 aromatic carbocycles. The molecule has 0 unspecified atom stereocenters. The van der Waals surface area contributed by atoms with Crippen LogP contribution in [0.4, 0.5) is 5.82 Å². The predicted octanol–water partition coefficient (Wildman–Crippen LogP) is 4.08. The van der Waals surface area contributed by atoms with Crippen LogP contribution >= 0.6 is 11.6 Å². The van der Waals surface area contributed by atoms with E-state index in [4.69, 9.17) is 11.6 Å². The Kier molecular flexibility index (Phi) is 6.35. The second-order valence-corrected chi connectivity index (χ2v) is 4.61. The number of anilines is 1. The van der Waals surface area contributed by atoms with Gasteiger partial charge >= 0.3 is 0 Å². The van der Waals surface area contributed by atoms with Crippen LogP contribution in [0.2, 0.25) is 0 Å².